The number of halogens is 2. The minimum absolute atomic E-state index is 0.0291. The number of benzene rings is 1. The number of aromatic nitrogens is 1. The zero-order valence-corrected chi connectivity index (χ0v) is 10.6. The fraction of sp³-hybridized carbons (Fsp3) is 0.286. The molecule has 2 aromatic rings. The van der Waals surface area contributed by atoms with Gasteiger partial charge in [0, 0.05) is 5.92 Å². The second kappa shape index (κ2) is 4.03. The smallest absolute Gasteiger partial charge is 0.395 e. The van der Waals surface area contributed by atoms with Crippen LogP contribution in [0.4, 0.5) is 8.78 Å². The molecule has 108 valence electrons. The number of alkyl halides is 2. The van der Waals surface area contributed by atoms with Gasteiger partial charge in [0.25, 0.3) is 0 Å². The lowest BCUT2D eigenvalue weighted by atomic mass is 10.0. The minimum atomic E-state index is -3.72. The Kier molecular flexibility index (Phi) is 2.36. The Labute approximate surface area is 117 Å². The molecule has 0 atom stereocenters. The van der Waals surface area contributed by atoms with Crippen molar-refractivity contribution in [3.63, 3.8) is 0 Å². The molecule has 0 saturated heterocycles. The molecule has 0 amide bonds. The largest absolute Gasteiger partial charge is 0.586 e. The number of hydrogen-bond acceptors (Lipinski definition) is 5. The molecule has 2 aliphatic rings. The lowest BCUT2D eigenvalue weighted by molar-refractivity contribution is -0.286. The van der Waals surface area contributed by atoms with Crippen LogP contribution in [-0.4, -0.2) is 17.2 Å². The first kappa shape index (κ1) is 12.3. The van der Waals surface area contributed by atoms with Gasteiger partial charge in [-0.15, -0.1) is 8.78 Å². The topological polar surface area (TPSA) is 61.6 Å². The van der Waals surface area contributed by atoms with Gasteiger partial charge in [0.15, 0.2) is 23.0 Å². The fourth-order valence-corrected chi connectivity index (χ4v) is 2.32. The van der Waals surface area contributed by atoms with Crippen molar-refractivity contribution < 1.29 is 27.6 Å². The van der Waals surface area contributed by atoms with Crippen molar-refractivity contribution in [2.75, 3.05) is 0 Å². The highest BCUT2D eigenvalue weighted by Gasteiger charge is 2.45. The number of carbonyl (C=O) groups is 1. The van der Waals surface area contributed by atoms with Gasteiger partial charge < -0.3 is 14.0 Å². The van der Waals surface area contributed by atoms with Gasteiger partial charge >= 0.3 is 6.29 Å². The van der Waals surface area contributed by atoms with E-state index in [1.54, 1.807) is 0 Å². The summed E-state index contributed by atoms with van der Waals surface area (Å²) in [4.78, 5) is 12.2. The molecule has 2 heterocycles. The van der Waals surface area contributed by atoms with E-state index in [1.807, 2.05) is 0 Å². The number of ketones is 1. The van der Waals surface area contributed by atoms with E-state index in [4.69, 9.17) is 4.52 Å². The summed E-state index contributed by atoms with van der Waals surface area (Å²) in [6, 6.07) is 4.40. The molecule has 0 unspecified atom stereocenters. The van der Waals surface area contributed by atoms with E-state index < -0.39 is 6.29 Å². The minimum Gasteiger partial charge on any atom is -0.395 e. The van der Waals surface area contributed by atoms with E-state index in [0.717, 1.165) is 12.8 Å². The first-order chi connectivity index (χ1) is 10.1. The molecule has 4 rings (SSSR count). The second-order valence-electron chi connectivity index (χ2n) is 5.01. The number of ether oxygens (including phenoxy) is 2. The van der Waals surface area contributed by atoms with Crippen LogP contribution in [0.25, 0.3) is 11.3 Å². The van der Waals surface area contributed by atoms with E-state index in [1.165, 1.54) is 24.4 Å². The molecular formula is C14H9F2NO4. The molecule has 7 heteroatoms. The van der Waals surface area contributed by atoms with Gasteiger partial charge in [0.05, 0.1) is 17.3 Å². The average molecular weight is 293 g/mol. The van der Waals surface area contributed by atoms with Crippen LogP contribution in [0, 0.1) is 5.92 Å². The van der Waals surface area contributed by atoms with E-state index in [-0.39, 0.29) is 40.1 Å². The van der Waals surface area contributed by atoms with Crippen LogP contribution < -0.4 is 9.47 Å². The standard InChI is InChI=1S/C14H9F2NO4/c15-14(16)19-10-3-1-2-8(13(10)20-14)12-9(6-17-21-12)11(18)7-4-5-7/h1-3,6-7H,4-5H2. The summed E-state index contributed by atoms with van der Waals surface area (Å²) in [6.45, 7) is 0. The summed E-state index contributed by atoms with van der Waals surface area (Å²) in [7, 11) is 0. The number of para-hydroxylation sites is 1. The van der Waals surface area contributed by atoms with Crippen molar-refractivity contribution in [2.24, 2.45) is 5.92 Å². The van der Waals surface area contributed by atoms with Crippen LogP contribution >= 0.6 is 0 Å². The molecule has 1 aliphatic carbocycles. The number of Topliss-reactive ketones (excluding diaryl/α,β-unsaturated/α-hetero) is 1. The molecule has 0 spiro atoms. The van der Waals surface area contributed by atoms with Gasteiger partial charge in [-0.2, -0.15) is 0 Å². The first-order valence-electron chi connectivity index (χ1n) is 6.43. The summed E-state index contributed by atoms with van der Waals surface area (Å²) in [5, 5.41) is 3.61. The maximum Gasteiger partial charge on any atom is 0.586 e. The van der Waals surface area contributed by atoms with E-state index in [9.17, 15) is 13.6 Å². The van der Waals surface area contributed by atoms with Gasteiger partial charge in [-0.25, -0.2) is 0 Å². The quantitative estimate of drug-likeness (QED) is 0.813. The maximum atomic E-state index is 13.2. The molecule has 1 aromatic carbocycles. The van der Waals surface area contributed by atoms with Crippen LogP contribution in [-0.2, 0) is 0 Å². The lowest BCUT2D eigenvalue weighted by Crippen LogP contribution is -2.26. The molecule has 1 saturated carbocycles. The Hall–Kier alpha value is -2.44. The number of carbonyl (C=O) groups excluding carboxylic acids is 1. The normalized spacial score (nSPS) is 18.8. The van der Waals surface area contributed by atoms with Gasteiger partial charge in [-0.1, -0.05) is 11.2 Å². The predicted molar refractivity (Wildman–Crippen MR) is 65.2 cm³/mol. The molecule has 5 nitrogen and oxygen atoms in total. The first-order valence-corrected chi connectivity index (χ1v) is 6.43. The number of rotatable bonds is 3. The molecule has 0 bridgehead atoms. The predicted octanol–water partition coefficient (Wildman–Crippen LogP) is 3.26. The molecule has 0 N–H and O–H groups in total. The molecule has 1 fully saturated rings. The van der Waals surface area contributed by atoms with Crippen molar-refractivity contribution in [3.05, 3.63) is 30.0 Å². The third-order valence-electron chi connectivity index (χ3n) is 3.46. The Morgan fingerprint density at radius 2 is 2.10 bits per heavy atom. The maximum absolute atomic E-state index is 13.2. The van der Waals surface area contributed by atoms with Crippen molar-refractivity contribution in [3.8, 4) is 22.8 Å². The Balaban J connectivity index is 1.81. The van der Waals surface area contributed by atoms with Gasteiger partial charge in [0.1, 0.15) is 0 Å². The van der Waals surface area contributed by atoms with Gasteiger partial charge in [-0.05, 0) is 25.0 Å². The fourth-order valence-electron chi connectivity index (χ4n) is 2.32. The third-order valence-corrected chi connectivity index (χ3v) is 3.46. The zero-order chi connectivity index (χ0) is 14.6. The molecular weight excluding hydrogens is 284 g/mol. The summed E-state index contributed by atoms with van der Waals surface area (Å²) in [6.07, 6.45) is -0.759. The summed E-state index contributed by atoms with van der Waals surface area (Å²) >= 11 is 0. The van der Waals surface area contributed by atoms with Gasteiger partial charge in [0.2, 0.25) is 0 Å². The SMILES string of the molecule is O=C(c1cnoc1-c1cccc2c1OC(F)(F)O2)C1CC1. The number of hydrogen-bond donors (Lipinski definition) is 0. The monoisotopic (exact) mass is 293 g/mol. The highest BCUT2D eigenvalue weighted by atomic mass is 19.3. The second-order valence-corrected chi connectivity index (χ2v) is 5.01. The summed E-state index contributed by atoms with van der Waals surface area (Å²) in [5.74, 6) is -0.235. The van der Waals surface area contributed by atoms with Gasteiger partial charge in [-0.3, -0.25) is 4.79 Å². The van der Waals surface area contributed by atoms with Crippen LogP contribution in [0.1, 0.15) is 23.2 Å². The summed E-state index contributed by atoms with van der Waals surface area (Å²) < 4.78 is 40.4. The molecule has 0 radical (unpaired) electrons. The van der Waals surface area contributed by atoms with E-state index >= 15 is 0 Å². The van der Waals surface area contributed by atoms with Crippen LogP contribution in [0.2, 0.25) is 0 Å². The highest BCUT2D eigenvalue weighted by Crippen LogP contribution is 2.48. The van der Waals surface area contributed by atoms with Crippen molar-refractivity contribution in [1.29, 1.82) is 0 Å². The van der Waals surface area contributed by atoms with Crippen molar-refractivity contribution in [2.45, 2.75) is 19.1 Å². The summed E-state index contributed by atoms with van der Waals surface area (Å²) in [5.41, 5.74) is 0.510. The lowest BCUT2D eigenvalue weighted by Gasteiger charge is -2.06. The number of fused-ring (bicyclic) bond motifs is 1. The average Bonchev–Trinajstić information content (AvgIpc) is 3.07. The Bertz CT molecular complexity index is 736. The van der Waals surface area contributed by atoms with Crippen LogP contribution in [0.5, 0.6) is 11.5 Å². The third kappa shape index (κ3) is 1.96. The van der Waals surface area contributed by atoms with Crippen molar-refractivity contribution in [1.82, 2.24) is 5.16 Å². The molecule has 1 aliphatic heterocycles. The van der Waals surface area contributed by atoms with Crippen LogP contribution in [0.15, 0.2) is 28.9 Å². The Morgan fingerprint density at radius 1 is 1.29 bits per heavy atom. The molecule has 1 aromatic heterocycles. The van der Waals surface area contributed by atoms with E-state index in [2.05, 4.69) is 14.6 Å². The molecule has 21 heavy (non-hydrogen) atoms. The highest BCUT2D eigenvalue weighted by molar-refractivity contribution is 6.04. The van der Waals surface area contributed by atoms with Crippen LogP contribution in [0.3, 0.4) is 0 Å². The Morgan fingerprint density at radius 3 is 2.86 bits per heavy atom. The zero-order valence-electron chi connectivity index (χ0n) is 10.6. The van der Waals surface area contributed by atoms with E-state index in [0.29, 0.717) is 0 Å². The number of nitrogens with zero attached hydrogens (tertiary/aromatic N) is 1. The van der Waals surface area contributed by atoms with Crippen molar-refractivity contribution >= 4 is 5.78 Å².